The molecule has 0 radical (unpaired) electrons. The van der Waals surface area contributed by atoms with E-state index in [2.05, 4.69) is 20.1 Å². The van der Waals surface area contributed by atoms with Crippen LogP contribution in [0.25, 0.3) is 26.1 Å². The molecule has 2 aliphatic rings. The van der Waals surface area contributed by atoms with Crippen LogP contribution in [0.5, 0.6) is 0 Å². The number of anilines is 1. The lowest BCUT2D eigenvalue weighted by molar-refractivity contribution is 0.0950. The third-order valence-corrected chi connectivity index (χ3v) is 8.12. The van der Waals surface area contributed by atoms with Crippen molar-refractivity contribution in [1.82, 2.24) is 24.6 Å². The van der Waals surface area contributed by atoms with E-state index in [1.54, 1.807) is 6.20 Å². The topological polar surface area (TPSA) is 82.8 Å². The fraction of sp³-hybridized carbons (Fsp3) is 0.417. The van der Waals surface area contributed by atoms with Gasteiger partial charge in [-0.1, -0.05) is 11.6 Å². The Kier molecular flexibility index (Phi) is 5.63. The van der Waals surface area contributed by atoms with E-state index in [4.69, 9.17) is 16.6 Å². The summed E-state index contributed by atoms with van der Waals surface area (Å²) in [6.07, 6.45) is 6.18. The van der Waals surface area contributed by atoms with E-state index in [0.717, 1.165) is 55.8 Å². The van der Waals surface area contributed by atoms with E-state index in [-0.39, 0.29) is 16.9 Å². The Hall–Kier alpha value is -2.75. The van der Waals surface area contributed by atoms with Gasteiger partial charge >= 0.3 is 0 Å². The largest absolute Gasteiger partial charge is 0.351 e. The molecule has 10 heteroatoms. The summed E-state index contributed by atoms with van der Waals surface area (Å²) in [5.74, 6) is 0.263. The molecule has 2 fully saturated rings. The second-order valence-corrected chi connectivity index (χ2v) is 10.4. The summed E-state index contributed by atoms with van der Waals surface area (Å²) in [6, 6.07) is 5.60. The summed E-state index contributed by atoms with van der Waals surface area (Å²) >= 11 is 7.65. The molecule has 8 nitrogen and oxygen atoms in total. The molecule has 0 saturated carbocycles. The van der Waals surface area contributed by atoms with Gasteiger partial charge in [0, 0.05) is 37.4 Å². The van der Waals surface area contributed by atoms with E-state index in [1.165, 1.54) is 24.2 Å². The number of hydrogen-bond acceptors (Lipinski definition) is 7. The first kappa shape index (κ1) is 21.8. The van der Waals surface area contributed by atoms with Gasteiger partial charge in [-0.3, -0.25) is 14.0 Å². The molecule has 3 aromatic heterocycles. The fourth-order valence-electron chi connectivity index (χ4n) is 5.00. The van der Waals surface area contributed by atoms with Crippen molar-refractivity contribution >= 4 is 60.9 Å². The first-order chi connectivity index (χ1) is 16.6. The number of hydrogen-bond donors (Lipinski definition) is 1. The number of fused-ring (bicyclic) bond motifs is 5. The number of amides is 1. The standard InChI is InChI=1S/C24H25ClN6O2S/c25-15-5-6-17-18(13-15)34-23-19(22(33)26-7-12-29-8-1-2-9-29)20(32)16-14-27-24(28-21(16)31(17)23)30-10-3-4-11-30/h5-6,13-14H,1-4,7-12H2,(H,26,33). The van der Waals surface area contributed by atoms with Gasteiger partial charge in [0.05, 0.1) is 15.6 Å². The van der Waals surface area contributed by atoms with Crippen molar-refractivity contribution in [2.75, 3.05) is 44.2 Å². The molecule has 1 amide bonds. The number of likely N-dealkylation sites (tertiary alicyclic amines) is 1. The molecule has 1 aromatic carbocycles. The van der Waals surface area contributed by atoms with Gasteiger partial charge < -0.3 is 15.1 Å². The zero-order valence-corrected chi connectivity index (χ0v) is 20.3. The zero-order chi connectivity index (χ0) is 23.2. The van der Waals surface area contributed by atoms with Crippen molar-refractivity contribution in [2.24, 2.45) is 0 Å². The molecule has 1 N–H and O–H groups in total. The maximum Gasteiger partial charge on any atom is 0.258 e. The summed E-state index contributed by atoms with van der Waals surface area (Å²) in [5, 5.41) is 3.93. The number of nitrogens with one attached hydrogen (secondary N) is 1. The smallest absolute Gasteiger partial charge is 0.258 e. The number of benzene rings is 1. The highest BCUT2D eigenvalue weighted by atomic mass is 35.5. The molecular weight excluding hydrogens is 472 g/mol. The van der Waals surface area contributed by atoms with Crippen LogP contribution in [0.2, 0.25) is 5.02 Å². The van der Waals surface area contributed by atoms with Crippen molar-refractivity contribution in [3.05, 3.63) is 45.2 Å². The van der Waals surface area contributed by atoms with Crippen LogP contribution in [-0.4, -0.2) is 64.4 Å². The summed E-state index contributed by atoms with van der Waals surface area (Å²) in [6.45, 7) is 5.22. The highest BCUT2D eigenvalue weighted by Gasteiger charge is 2.24. The lowest BCUT2D eigenvalue weighted by Gasteiger charge is -2.16. The van der Waals surface area contributed by atoms with Crippen LogP contribution >= 0.6 is 22.9 Å². The van der Waals surface area contributed by atoms with Crippen molar-refractivity contribution in [1.29, 1.82) is 0 Å². The van der Waals surface area contributed by atoms with Crippen LogP contribution in [0.1, 0.15) is 36.0 Å². The minimum atomic E-state index is -0.357. The van der Waals surface area contributed by atoms with Gasteiger partial charge in [-0.25, -0.2) is 4.98 Å². The predicted molar refractivity (Wildman–Crippen MR) is 137 cm³/mol. The molecule has 0 spiro atoms. The summed E-state index contributed by atoms with van der Waals surface area (Å²) in [7, 11) is 0. The van der Waals surface area contributed by atoms with Gasteiger partial charge in [0.25, 0.3) is 5.91 Å². The Bertz CT molecular complexity index is 1470. The van der Waals surface area contributed by atoms with E-state index < -0.39 is 0 Å². The van der Waals surface area contributed by atoms with Gasteiger partial charge in [0.2, 0.25) is 11.4 Å². The molecule has 2 aliphatic heterocycles. The maximum absolute atomic E-state index is 13.6. The lowest BCUT2D eigenvalue weighted by Crippen LogP contribution is -2.36. The Morgan fingerprint density at radius 1 is 1.12 bits per heavy atom. The van der Waals surface area contributed by atoms with Crippen LogP contribution in [0, 0.1) is 0 Å². The second-order valence-electron chi connectivity index (χ2n) is 8.96. The first-order valence-corrected chi connectivity index (χ1v) is 13.0. The second kappa shape index (κ2) is 8.79. The van der Waals surface area contributed by atoms with Crippen molar-refractivity contribution < 1.29 is 4.79 Å². The van der Waals surface area contributed by atoms with Crippen LogP contribution in [-0.2, 0) is 0 Å². The highest BCUT2D eigenvalue weighted by Crippen LogP contribution is 2.33. The molecule has 2 saturated heterocycles. The number of nitrogens with zero attached hydrogens (tertiary/aromatic N) is 5. The molecule has 176 valence electrons. The van der Waals surface area contributed by atoms with E-state index in [0.29, 0.717) is 33.4 Å². The molecule has 0 bridgehead atoms. The molecular formula is C24H25ClN6O2S. The zero-order valence-electron chi connectivity index (χ0n) is 18.7. The highest BCUT2D eigenvalue weighted by molar-refractivity contribution is 7.24. The van der Waals surface area contributed by atoms with E-state index in [9.17, 15) is 9.59 Å². The number of thiazole rings is 1. The Morgan fingerprint density at radius 2 is 1.88 bits per heavy atom. The van der Waals surface area contributed by atoms with Crippen LogP contribution in [0.3, 0.4) is 0 Å². The Morgan fingerprint density at radius 3 is 2.68 bits per heavy atom. The predicted octanol–water partition coefficient (Wildman–Crippen LogP) is 3.54. The number of carbonyl (C=O) groups excluding carboxylic acids is 1. The lowest BCUT2D eigenvalue weighted by atomic mass is 10.2. The van der Waals surface area contributed by atoms with Gasteiger partial charge in [-0.2, -0.15) is 4.98 Å². The molecule has 4 aromatic rings. The van der Waals surface area contributed by atoms with Crippen LogP contribution in [0.4, 0.5) is 5.95 Å². The van der Waals surface area contributed by atoms with Gasteiger partial charge in [-0.15, -0.1) is 11.3 Å². The van der Waals surface area contributed by atoms with Gasteiger partial charge in [0.1, 0.15) is 10.4 Å². The third kappa shape index (κ3) is 3.72. The van der Waals surface area contributed by atoms with Crippen molar-refractivity contribution in [3.8, 4) is 0 Å². The number of carbonyl (C=O) groups is 1. The Balaban J connectivity index is 1.50. The Labute approximate surface area is 205 Å². The van der Waals surface area contributed by atoms with E-state index in [1.807, 2.05) is 22.6 Å². The minimum Gasteiger partial charge on any atom is -0.351 e. The number of halogens is 1. The minimum absolute atomic E-state index is 0.142. The number of aromatic nitrogens is 3. The quantitative estimate of drug-likeness (QED) is 0.455. The van der Waals surface area contributed by atoms with E-state index >= 15 is 0 Å². The average molecular weight is 497 g/mol. The van der Waals surface area contributed by atoms with Crippen molar-refractivity contribution in [2.45, 2.75) is 25.7 Å². The molecule has 0 atom stereocenters. The van der Waals surface area contributed by atoms with Gasteiger partial charge in [0.15, 0.2) is 5.65 Å². The molecule has 5 heterocycles. The number of pyridine rings is 1. The molecule has 34 heavy (non-hydrogen) atoms. The summed E-state index contributed by atoms with van der Waals surface area (Å²) in [5.41, 5.74) is 1.20. The summed E-state index contributed by atoms with van der Waals surface area (Å²) in [4.78, 5) is 41.3. The maximum atomic E-state index is 13.6. The molecule has 0 unspecified atom stereocenters. The molecule has 6 rings (SSSR count). The normalized spacial score (nSPS) is 16.9. The van der Waals surface area contributed by atoms with Crippen molar-refractivity contribution in [3.63, 3.8) is 0 Å². The average Bonchev–Trinajstić information content (AvgIpc) is 3.60. The SMILES string of the molecule is O=C(NCCN1CCCC1)c1c(=O)c2cnc(N3CCCC3)nc2n2c1sc1cc(Cl)ccc12. The number of rotatable bonds is 5. The van der Waals surface area contributed by atoms with Crippen LogP contribution < -0.4 is 15.6 Å². The van der Waals surface area contributed by atoms with Crippen LogP contribution in [0.15, 0.2) is 29.2 Å². The monoisotopic (exact) mass is 496 g/mol. The third-order valence-electron chi connectivity index (χ3n) is 6.75. The fourth-order valence-corrected chi connectivity index (χ4v) is 6.46. The summed E-state index contributed by atoms with van der Waals surface area (Å²) < 4.78 is 2.82. The molecule has 0 aliphatic carbocycles. The van der Waals surface area contributed by atoms with Gasteiger partial charge in [-0.05, 0) is 57.0 Å². The first-order valence-electron chi connectivity index (χ1n) is 11.8.